The first-order valence-corrected chi connectivity index (χ1v) is 7.71. The maximum absolute atomic E-state index is 12.4. The zero-order chi connectivity index (χ0) is 13.9. The minimum absolute atomic E-state index is 0.189. The number of nitrogens with one attached hydrogen (secondary N) is 1. The summed E-state index contributed by atoms with van der Waals surface area (Å²) in [6.07, 6.45) is 13.8. The molecule has 1 heterocycles. The molecule has 1 aliphatic heterocycles. The van der Waals surface area contributed by atoms with Crippen LogP contribution in [0.4, 0.5) is 0 Å². The second-order valence-electron chi connectivity index (χ2n) is 6.66. The summed E-state index contributed by atoms with van der Waals surface area (Å²) in [4.78, 5) is 12.4. The highest BCUT2D eigenvalue weighted by molar-refractivity contribution is 5.93. The average molecular weight is 267 g/mol. The molecule has 20 heavy (non-hydrogen) atoms. The molecule has 1 N–H and O–H groups in total. The van der Waals surface area contributed by atoms with Gasteiger partial charge < -0.3 is 5.32 Å². The van der Waals surface area contributed by atoms with Crippen molar-refractivity contribution in [2.75, 3.05) is 0 Å². The molecule has 0 aromatic rings. The first kappa shape index (κ1) is 12.2. The molecule has 0 radical (unpaired) electrons. The van der Waals surface area contributed by atoms with Gasteiger partial charge in [-0.25, -0.2) is 0 Å². The van der Waals surface area contributed by atoms with Crippen LogP contribution >= 0.6 is 0 Å². The van der Waals surface area contributed by atoms with E-state index in [0.717, 1.165) is 6.42 Å². The topological polar surface area (TPSA) is 29.1 Å². The van der Waals surface area contributed by atoms with Crippen molar-refractivity contribution in [1.29, 1.82) is 0 Å². The van der Waals surface area contributed by atoms with E-state index in [1.807, 2.05) is 6.08 Å². The number of ketones is 1. The molecule has 3 aliphatic carbocycles. The Hall–Kier alpha value is -1.57. The lowest BCUT2D eigenvalue weighted by molar-refractivity contribution is -0.122. The van der Waals surface area contributed by atoms with Crippen molar-refractivity contribution >= 4 is 5.78 Å². The number of carbonyl (C=O) groups excluding carboxylic acids is 1. The van der Waals surface area contributed by atoms with Crippen LogP contribution in [-0.2, 0) is 4.79 Å². The van der Waals surface area contributed by atoms with Crippen LogP contribution in [0.3, 0.4) is 0 Å². The SMILES string of the molecule is CC1=C2NC3C=CC=CC3C2C2CC=CC(=O)C2C1C. The molecule has 1 fully saturated rings. The van der Waals surface area contributed by atoms with Crippen molar-refractivity contribution < 1.29 is 4.79 Å². The molecule has 104 valence electrons. The van der Waals surface area contributed by atoms with E-state index < -0.39 is 0 Å². The summed E-state index contributed by atoms with van der Waals surface area (Å²) < 4.78 is 0. The number of rotatable bonds is 0. The van der Waals surface area contributed by atoms with Crippen LogP contribution in [0.5, 0.6) is 0 Å². The van der Waals surface area contributed by atoms with E-state index in [9.17, 15) is 4.79 Å². The Kier molecular flexibility index (Phi) is 2.57. The van der Waals surface area contributed by atoms with Crippen molar-refractivity contribution in [2.45, 2.75) is 26.3 Å². The van der Waals surface area contributed by atoms with Gasteiger partial charge in [0.2, 0.25) is 0 Å². The molecule has 0 spiro atoms. The Morgan fingerprint density at radius 2 is 2.00 bits per heavy atom. The van der Waals surface area contributed by atoms with Crippen LogP contribution in [-0.4, -0.2) is 11.8 Å². The van der Waals surface area contributed by atoms with Gasteiger partial charge in [-0.1, -0.05) is 42.9 Å². The molecule has 6 atom stereocenters. The minimum atomic E-state index is 0.189. The Balaban J connectivity index is 1.83. The van der Waals surface area contributed by atoms with E-state index in [0.29, 0.717) is 35.5 Å². The number of allylic oxidation sites excluding steroid dienone is 6. The van der Waals surface area contributed by atoms with Gasteiger partial charge in [0, 0.05) is 23.5 Å². The second-order valence-corrected chi connectivity index (χ2v) is 6.66. The summed E-state index contributed by atoms with van der Waals surface area (Å²) in [6, 6.07) is 0.418. The second kappa shape index (κ2) is 4.21. The fourth-order valence-corrected chi connectivity index (χ4v) is 4.77. The summed E-state index contributed by atoms with van der Waals surface area (Å²) in [5.74, 6) is 2.38. The van der Waals surface area contributed by atoms with E-state index in [2.05, 4.69) is 49.5 Å². The Morgan fingerprint density at radius 1 is 1.20 bits per heavy atom. The van der Waals surface area contributed by atoms with Gasteiger partial charge in [0.15, 0.2) is 5.78 Å². The van der Waals surface area contributed by atoms with Crippen LogP contribution in [0.1, 0.15) is 20.3 Å². The normalized spacial score (nSPS) is 45.0. The van der Waals surface area contributed by atoms with Gasteiger partial charge in [-0.2, -0.15) is 0 Å². The smallest absolute Gasteiger partial charge is 0.159 e. The lowest BCUT2D eigenvalue weighted by Gasteiger charge is -2.43. The lowest BCUT2D eigenvalue weighted by atomic mass is 9.60. The maximum atomic E-state index is 12.4. The van der Waals surface area contributed by atoms with Crippen LogP contribution in [0, 0.1) is 29.6 Å². The lowest BCUT2D eigenvalue weighted by Crippen LogP contribution is -2.42. The summed E-state index contributed by atoms with van der Waals surface area (Å²) in [5.41, 5.74) is 2.82. The summed E-state index contributed by atoms with van der Waals surface area (Å²) in [6.45, 7) is 4.44. The molecule has 6 unspecified atom stereocenters. The van der Waals surface area contributed by atoms with Gasteiger partial charge in [-0.15, -0.1) is 0 Å². The predicted molar refractivity (Wildman–Crippen MR) is 79.8 cm³/mol. The largest absolute Gasteiger partial charge is 0.381 e. The van der Waals surface area contributed by atoms with Crippen molar-refractivity contribution in [3.05, 3.63) is 47.7 Å². The monoisotopic (exact) mass is 267 g/mol. The number of hydrogen-bond donors (Lipinski definition) is 1. The van der Waals surface area contributed by atoms with Crippen molar-refractivity contribution in [2.24, 2.45) is 29.6 Å². The molecule has 0 saturated carbocycles. The summed E-state index contributed by atoms with van der Waals surface area (Å²) in [7, 11) is 0. The maximum Gasteiger partial charge on any atom is 0.159 e. The highest BCUT2D eigenvalue weighted by Gasteiger charge is 2.51. The minimum Gasteiger partial charge on any atom is -0.381 e. The van der Waals surface area contributed by atoms with E-state index in [-0.39, 0.29) is 5.92 Å². The fourth-order valence-electron chi connectivity index (χ4n) is 4.77. The molecular weight excluding hydrogens is 246 g/mol. The third-order valence-electron chi connectivity index (χ3n) is 5.84. The predicted octanol–water partition coefficient (Wildman–Crippen LogP) is 3.00. The Bertz CT molecular complexity index is 580. The summed E-state index contributed by atoms with van der Waals surface area (Å²) in [5, 5.41) is 3.73. The first-order valence-electron chi connectivity index (χ1n) is 7.71. The molecule has 2 nitrogen and oxygen atoms in total. The van der Waals surface area contributed by atoms with Gasteiger partial charge in [-0.05, 0) is 31.3 Å². The molecule has 0 aromatic carbocycles. The molecule has 2 heteroatoms. The van der Waals surface area contributed by atoms with Gasteiger partial charge in [-0.3, -0.25) is 4.79 Å². The zero-order valence-corrected chi connectivity index (χ0v) is 12.0. The molecule has 4 aliphatic rings. The van der Waals surface area contributed by atoms with E-state index in [1.54, 1.807) is 0 Å². The standard InChI is InChI=1S/C18H21NO/c1-10-11(2)18-17(12-6-3-4-8-14(12)19-18)13-7-5-9-15(20)16(10)13/h3-6,8-10,12-14,16-17,19H,7H2,1-2H3. The molecular formula is C18H21NO. The van der Waals surface area contributed by atoms with Crippen molar-refractivity contribution in [1.82, 2.24) is 5.32 Å². The number of carbonyl (C=O) groups is 1. The van der Waals surface area contributed by atoms with E-state index in [1.165, 1.54) is 11.3 Å². The summed E-state index contributed by atoms with van der Waals surface area (Å²) >= 11 is 0. The van der Waals surface area contributed by atoms with Gasteiger partial charge in [0.1, 0.15) is 0 Å². The fraction of sp³-hybridized carbons (Fsp3) is 0.500. The van der Waals surface area contributed by atoms with Crippen molar-refractivity contribution in [3.8, 4) is 0 Å². The molecule has 0 amide bonds. The highest BCUT2D eigenvalue weighted by atomic mass is 16.1. The number of fused-ring (bicyclic) bond motifs is 5. The van der Waals surface area contributed by atoms with Gasteiger partial charge in [0.25, 0.3) is 0 Å². The zero-order valence-electron chi connectivity index (χ0n) is 12.0. The van der Waals surface area contributed by atoms with Crippen LogP contribution in [0.25, 0.3) is 0 Å². The van der Waals surface area contributed by atoms with Gasteiger partial charge in [0.05, 0.1) is 6.04 Å². The van der Waals surface area contributed by atoms with Gasteiger partial charge >= 0.3 is 0 Å². The Labute approximate surface area is 120 Å². The third kappa shape index (κ3) is 1.48. The van der Waals surface area contributed by atoms with Crippen molar-refractivity contribution in [3.63, 3.8) is 0 Å². The van der Waals surface area contributed by atoms with Crippen LogP contribution in [0.2, 0.25) is 0 Å². The highest BCUT2D eigenvalue weighted by Crippen LogP contribution is 2.52. The van der Waals surface area contributed by atoms with E-state index in [4.69, 9.17) is 0 Å². The molecule has 4 rings (SSSR count). The number of hydrogen-bond acceptors (Lipinski definition) is 2. The van der Waals surface area contributed by atoms with E-state index >= 15 is 0 Å². The molecule has 1 saturated heterocycles. The molecule has 0 aromatic heterocycles. The quantitative estimate of drug-likeness (QED) is 0.731. The Morgan fingerprint density at radius 3 is 2.85 bits per heavy atom. The first-order chi connectivity index (χ1) is 9.68. The van der Waals surface area contributed by atoms with Crippen LogP contribution in [0.15, 0.2) is 47.7 Å². The van der Waals surface area contributed by atoms with Crippen LogP contribution < -0.4 is 5.32 Å². The average Bonchev–Trinajstić information content (AvgIpc) is 2.84. The molecule has 0 bridgehead atoms. The third-order valence-corrected chi connectivity index (χ3v) is 5.84.